The van der Waals surface area contributed by atoms with Crippen molar-refractivity contribution in [1.29, 1.82) is 0 Å². The van der Waals surface area contributed by atoms with Crippen LogP contribution < -0.4 is 5.32 Å². The van der Waals surface area contributed by atoms with E-state index >= 15 is 0 Å². The van der Waals surface area contributed by atoms with Gasteiger partial charge in [0.15, 0.2) is 11.6 Å². The summed E-state index contributed by atoms with van der Waals surface area (Å²) in [5, 5.41) is 20.3. The SMILES string of the molecule is CC(C)(C(=O)Nc1nncs1)[C@@H](c1ccccc1)c1ccc(O)c(F)c1. The minimum absolute atomic E-state index is 0.253. The minimum atomic E-state index is -0.920. The average Bonchev–Trinajstić information content (AvgIpc) is 3.12. The molecule has 0 saturated heterocycles. The van der Waals surface area contributed by atoms with E-state index in [0.29, 0.717) is 10.7 Å². The molecule has 1 amide bonds. The first-order chi connectivity index (χ1) is 12.4. The van der Waals surface area contributed by atoms with Gasteiger partial charge in [0.25, 0.3) is 0 Å². The number of phenolic OH excluding ortho intramolecular Hbond substituents is 1. The third-order valence-electron chi connectivity index (χ3n) is 4.33. The number of aromatic nitrogens is 2. The van der Waals surface area contributed by atoms with Crippen LogP contribution in [-0.2, 0) is 4.79 Å². The maximum absolute atomic E-state index is 14.0. The Morgan fingerprint density at radius 2 is 1.92 bits per heavy atom. The molecular weight excluding hydrogens is 353 g/mol. The molecule has 1 aromatic heterocycles. The lowest BCUT2D eigenvalue weighted by molar-refractivity contribution is -0.124. The molecule has 0 spiro atoms. The van der Waals surface area contributed by atoms with Crippen molar-refractivity contribution in [3.8, 4) is 5.75 Å². The number of hydrogen-bond donors (Lipinski definition) is 2. The molecule has 134 valence electrons. The highest BCUT2D eigenvalue weighted by atomic mass is 32.1. The van der Waals surface area contributed by atoms with Gasteiger partial charge in [0.1, 0.15) is 5.51 Å². The molecule has 5 nitrogen and oxygen atoms in total. The van der Waals surface area contributed by atoms with Crippen LogP contribution in [0, 0.1) is 11.2 Å². The maximum atomic E-state index is 14.0. The molecule has 1 heterocycles. The molecule has 0 saturated carbocycles. The monoisotopic (exact) mass is 371 g/mol. The lowest BCUT2D eigenvalue weighted by atomic mass is 9.70. The van der Waals surface area contributed by atoms with Crippen molar-refractivity contribution in [3.63, 3.8) is 0 Å². The third kappa shape index (κ3) is 3.57. The van der Waals surface area contributed by atoms with Crippen molar-refractivity contribution in [1.82, 2.24) is 10.2 Å². The van der Waals surface area contributed by atoms with Crippen molar-refractivity contribution >= 4 is 22.4 Å². The Morgan fingerprint density at radius 3 is 2.54 bits per heavy atom. The summed E-state index contributed by atoms with van der Waals surface area (Å²) in [5.74, 6) is -1.82. The Balaban J connectivity index is 2.04. The predicted octanol–water partition coefficient (Wildman–Crippen LogP) is 4.18. The lowest BCUT2D eigenvalue weighted by Crippen LogP contribution is -2.37. The minimum Gasteiger partial charge on any atom is -0.505 e. The molecule has 0 radical (unpaired) electrons. The van der Waals surface area contributed by atoms with Gasteiger partial charge in [-0.2, -0.15) is 0 Å². The highest BCUT2D eigenvalue weighted by Crippen LogP contribution is 2.42. The molecule has 0 unspecified atom stereocenters. The third-order valence-corrected chi connectivity index (χ3v) is 4.93. The number of hydrogen-bond acceptors (Lipinski definition) is 5. The summed E-state index contributed by atoms with van der Waals surface area (Å²) in [6, 6.07) is 13.6. The molecule has 0 aliphatic carbocycles. The second-order valence-electron chi connectivity index (χ2n) is 6.47. The van der Waals surface area contributed by atoms with Crippen LogP contribution >= 0.6 is 11.3 Å². The van der Waals surface area contributed by atoms with Gasteiger partial charge in [-0.15, -0.1) is 10.2 Å². The second-order valence-corrected chi connectivity index (χ2v) is 7.31. The van der Waals surface area contributed by atoms with Gasteiger partial charge in [0.05, 0.1) is 5.41 Å². The first-order valence-electron chi connectivity index (χ1n) is 8.00. The zero-order valence-corrected chi connectivity index (χ0v) is 15.1. The standard InChI is InChI=1S/C19H18FN3O2S/c1-19(2,17(25)22-18-23-21-11-26-18)16(12-6-4-3-5-7-12)13-8-9-15(24)14(20)10-13/h3-11,16,24H,1-2H3,(H,22,23,25)/t16-/m0/s1. The van der Waals surface area contributed by atoms with Crippen LogP contribution in [0.15, 0.2) is 54.0 Å². The van der Waals surface area contributed by atoms with Crippen molar-refractivity contribution < 1.29 is 14.3 Å². The molecule has 0 fully saturated rings. The van der Waals surface area contributed by atoms with Crippen LogP contribution in [-0.4, -0.2) is 21.2 Å². The average molecular weight is 371 g/mol. The number of anilines is 1. The Morgan fingerprint density at radius 1 is 1.19 bits per heavy atom. The van der Waals surface area contributed by atoms with E-state index < -0.39 is 22.9 Å². The van der Waals surface area contributed by atoms with E-state index in [2.05, 4.69) is 15.5 Å². The van der Waals surface area contributed by atoms with Crippen molar-refractivity contribution in [2.75, 3.05) is 5.32 Å². The van der Waals surface area contributed by atoms with Gasteiger partial charge in [-0.25, -0.2) is 4.39 Å². The number of nitrogens with zero attached hydrogens (tertiary/aromatic N) is 2. The van der Waals surface area contributed by atoms with Crippen LogP contribution in [0.5, 0.6) is 5.75 Å². The summed E-state index contributed by atoms with van der Waals surface area (Å²) in [6.07, 6.45) is 0. The van der Waals surface area contributed by atoms with Crippen LogP contribution in [0.3, 0.4) is 0 Å². The molecule has 26 heavy (non-hydrogen) atoms. The van der Waals surface area contributed by atoms with Gasteiger partial charge in [-0.1, -0.05) is 61.6 Å². The smallest absolute Gasteiger partial charge is 0.232 e. The summed E-state index contributed by atoms with van der Waals surface area (Å²) in [4.78, 5) is 13.0. The largest absolute Gasteiger partial charge is 0.505 e. The normalized spacial score (nSPS) is 12.6. The van der Waals surface area contributed by atoms with Crippen LogP contribution in [0.2, 0.25) is 0 Å². The summed E-state index contributed by atoms with van der Waals surface area (Å²) < 4.78 is 14.0. The fraction of sp³-hybridized carbons (Fsp3) is 0.211. The topological polar surface area (TPSA) is 75.1 Å². The van der Waals surface area contributed by atoms with E-state index in [-0.39, 0.29) is 5.91 Å². The van der Waals surface area contributed by atoms with Gasteiger partial charge >= 0.3 is 0 Å². The summed E-state index contributed by atoms with van der Waals surface area (Å²) in [6.45, 7) is 3.59. The van der Waals surface area contributed by atoms with E-state index in [0.717, 1.165) is 5.56 Å². The summed E-state index contributed by atoms with van der Waals surface area (Å²) >= 11 is 1.23. The van der Waals surface area contributed by atoms with Crippen LogP contribution in [0.4, 0.5) is 9.52 Å². The zero-order valence-electron chi connectivity index (χ0n) is 14.3. The number of aromatic hydroxyl groups is 1. The number of nitrogens with one attached hydrogen (secondary N) is 1. The number of carbonyl (C=O) groups excluding carboxylic acids is 1. The molecule has 1 atom stereocenters. The van der Waals surface area contributed by atoms with Crippen molar-refractivity contribution in [2.24, 2.45) is 5.41 Å². The molecule has 0 aliphatic rings. The van der Waals surface area contributed by atoms with E-state index in [9.17, 15) is 14.3 Å². The van der Waals surface area contributed by atoms with Crippen molar-refractivity contribution in [2.45, 2.75) is 19.8 Å². The Hall–Kier alpha value is -2.80. The number of halogens is 1. The van der Waals surface area contributed by atoms with Crippen LogP contribution in [0.1, 0.15) is 30.9 Å². The predicted molar refractivity (Wildman–Crippen MR) is 98.7 cm³/mol. The Labute approximate surface area is 154 Å². The molecule has 3 aromatic rings. The zero-order chi connectivity index (χ0) is 18.7. The van der Waals surface area contributed by atoms with Gasteiger partial charge < -0.3 is 10.4 Å². The molecule has 0 aliphatic heterocycles. The number of benzene rings is 2. The fourth-order valence-electron chi connectivity index (χ4n) is 2.99. The second kappa shape index (κ2) is 7.21. The van der Waals surface area contributed by atoms with Gasteiger partial charge in [0.2, 0.25) is 11.0 Å². The quantitative estimate of drug-likeness (QED) is 0.705. The number of carbonyl (C=O) groups is 1. The molecule has 3 rings (SSSR count). The lowest BCUT2D eigenvalue weighted by Gasteiger charge is -2.33. The van der Waals surface area contributed by atoms with Crippen molar-refractivity contribution in [3.05, 3.63) is 71.0 Å². The first-order valence-corrected chi connectivity index (χ1v) is 8.88. The molecular formula is C19H18FN3O2S. The number of rotatable bonds is 5. The maximum Gasteiger partial charge on any atom is 0.232 e. The first kappa shape index (κ1) is 18.0. The van der Waals surface area contributed by atoms with E-state index in [1.807, 2.05) is 30.3 Å². The van der Waals surface area contributed by atoms with Gasteiger partial charge in [-0.3, -0.25) is 4.79 Å². The summed E-state index contributed by atoms with van der Waals surface area (Å²) in [7, 11) is 0. The fourth-order valence-corrected chi connectivity index (χ4v) is 3.43. The highest BCUT2D eigenvalue weighted by Gasteiger charge is 2.39. The molecule has 2 aromatic carbocycles. The molecule has 0 bridgehead atoms. The Bertz CT molecular complexity index is 898. The van der Waals surface area contributed by atoms with Gasteiger partial charge in [-0.05, 0) is 23.3 Å². The number of phenols is 1. The Kier molecular flexibility index (Phi) is 4.99. The highest BCUT2D eigenvalue weighted by molar-refractivity contribution is 7.13. The van der Waals surface area contributed by atoms with Crippen LogP contribution in [0.25, 0.3) is 0 Å². The van der Waals surface area contributed by atoms with E-state index in [1.165, 1.54) is 29.0 Å². The van der Waals surface area contributed by atoms with E-state index in [4.69, 9.17) is 0 Å². The molecule has 7 heteroatoms. The molecule has 2 N–H and O–H groups in total. The van der Waals surface area contributed by atoms with Gasteiger partial charge in [0, 0.05) is 5.92 Å². The van der Waals surface area contributed by atoms with E-state index in [1.54, 1.807) is 19.9 Å². The summed E-state index contributed by atoms with van der Waals surface area (Å²) in [5.41, 5.74) is 2.09. The number of amides is 1.